The van der Waals surface area contributed by atoms with E-state index in [1.807, 2.05) is 13.0 Å². The predicted octanol–water partition coefficient (Wildman–Crippen LogP) is 3.40. The fraction of sp³-hybridized carbons (Fsp3) is 0.588. The molecule has 0 unspecified atom stereocenters. The van der Waals surface area contributed by atoms with Crippen LogP contribution in [0, 0.1) is 11.3 Å². The number of aliphatic carboxylic acids is 1. The van der Waals surface area contributed by atoms with E-state index < -0.39 is 11.4 Å². The molecule has 1 saturated carbocycles. The summed E-state index contributed by atoms with van der Waals surface area (Å²) < 4.78 is 5.35. The van der Waals surface area contributed by atoms with Crippen LogP contribution in [-0.4, -0.2) is 18.2 Å². The first-order chi connectivity index (χ1) is 9.41. The molecule has 3 atom stereocenters. The lowest BCUT2D eigenvalue weighted by Crippen LogP contribution is -2.48. The summed E-state index contributed by atoms with van der Waals surface area (Å²) in [5.41, 5.74) is 1.95. The largest absolute Gasteiger partial charge is 0.497 e. The van der Waals surface area contributed by atoms with E-state index in [9.17, 15) is 9.90 Å². The van der Waals surface area contributed by atoms with Gasteiger partial charge in [-0.3, -0.25) is 4.79 Å². The minimum atomic E-state index is -0.645. The number of ether oxygens (including phenoxy) is 1. The topological polar surface area (TPSA) is 46.5 Å². The van der Waals surface area contributed by atoms with Gasteiger partial charge in [0, 0.05) is 0 Å². The molecule has 1 aromatic carbocycles. The number of rotatable bonds is 2. The highest BCUT2D eigenvalue weighted by Gasteiger charge is 2.56. The highest BCUT2D eigenvalue weighted by Crippen LogP contribution is 2.58. The molecule has 3 heteroatoms. The maximum absolute atomic E-state index is 11.8. The average Bonchev–Trinajstić information content (AvgIpc) is 2.73. The van der Waals surface area contributed by atoms with E-state index in [1.54, 1.807) is 7.11 Å². The SMILES string of the molecule is COc1ccc2c(c1)[C@]1(C)CCC[C@@](C)(C(=O)O)[C@@H]1C2. The Labute approximate surface area is 120 Å². The van der Waals surface area contributed by atoms with Crippen LogP contribution >= 0.6 is 0 Å². The highest BCUT2D eigenvalue weighted by molar-refractivity contribution is 5.75. The van der Waals surface area contributed by atoms with E-state index in [2.05, 4.69) is 19.1 Å². The molecule has 1 fully saturated rings. The van der Waals surface area contributed by atoms with Gasteiger partial charge in [-0.2, -0.15) is 0 Å². The second-order valence-corrected chi connectivity index (χ2v) is 6.77. The fourth-order valence-electron chi connectivity index (χ4n) is 4.52. The van der Waals surface area contributed by atoms with Crippen LogP contribution in [0.3, 0.4) is 0 Å². The van der Waals surface area contributed by atoms with Gasteiger partial charge in [0.25, 0.3) is 0 Å². The van der Waals surface area contributed by atoms with Crippen molar-refractivity contribution in [2.24, 2.45) is 11.3 Å². The maximum Gasteiger partial charge on any atom is 0.309 e. The van der Waals surface area contributed by atoms with Crippen molar-refractivity contribution in [3.63, 3.8) is 0 Å². The molecule has 0 heterocycles. The zero-order valence-corrected chi connectivity index (χ0v) is 12.4. The number of fused-ring (bicyclic) bond motifs is 3. The van der Waals surface area contributed by atoms with Gasteiger partial charge in [0.05, 0.1) is 12.5 Å². The molecule has 1 N–H and O–H groups in total. The first-order valence-electron chi connectivity index (χ1n) is 7.32. The third-order valence-electron chi connectivity index (χ3n) is 5.78. The number of hydrogen-bond donors (Lipinski definition) is 1. The van der Waals surface area contributed by atoms with Gasteiger partial charge in [-0.05, 0) is 60.8 Å². The molecule has 2 aliphatic rings. The lowest BCUT2D eigenvalue weighted by molar-refractivity contribution is -0.156. The van der Waals surface area contributed by atoms with Crippen LogP contribution in [0.15, 0.2) is 18.2 Å². The third-order valence-corrected chi connectivity index (χ3v) is 5.78. The quantitative estimate of drug-likeness (QED) is 0.899. The van der Waals surface area contributed by atoms with E-state index in [0.29, 0.717) is 0 Å². The number of carboxylic acid groups (broad SMARTS) is 1. The molecule has 3 rings (SSSR count). The number of methoxy groups -OCH3 is 1. The second-order valence-electron chi connectivity index (χ2n) is 6.77. The van der Waals surface area contributed by atoms with Gasteiger partial charge >= 0.3 is 5.97 Å². The van der Waals surface area contributed by atoms with Crippen molar-refractivity contribution in [3.05, 3.63) is 29.3 Å². The minimum absolute atomic E-state index is 0.0325. The molecular formula is C17H22O3. The molecule has 0 aliphatic heterocycles. The predicted molar refractivity (Wildman–Crippen MR) is 77.1 cm³/mol. The molecule has 108 valence electrons. The van der Waals surface area contributed by atoms with Gasteiger partial charge in [-0.15, -0.1) is 0 Å². The van der Waals surface area contributed by atoms with Crippen molar-refractivity contribution < 1.29 is 14.6 Å². The van der Waals surface area contributed by atoms with Gasteiger partial charge in [-0.1, -0.05) is 19.4 Å². The normalized spacial score (nSPS) is 35.2. The molecule has 1 aromatic rings. The van der Waals surface area contributed by atoms with E-state index in [4.69, 9.17) is 4.74 Å². The van der Waals surface area contributed by atoms with Crippen LogP contribution in [-0.2, 0) is 16.6 Å². The second kappa shape index (κ2) is 4.24. The Morgan fingerprint density at radius 1 is 1.35 bits per heavy atom. The van der Waals surface area contributed by atoms with Crippen molar-refractivity contribution in [2.45, 2.75) is 44.9 Å². The number of benzene rings is 1. The highest BCUT2D eigenvalue weighted by atomic mass is 16.5. The molecule has 2 aliphatic carbocycles. The minimum Gasteiger partial charge on any atom is -0.497 e. The summed E-state index contributed by atoms with van der Waals surface area (Å²) in [5, 5.41) is 9.71. The van der Waals surface area contributed by atoms with Crippen molar-refractivity contribution in [3.8, 4) is 5.75 Å². The molecule has 20 heavy (non-hydrogen) atoms. The van der Waals surface area contributed by atoms with Crippen LogP contribution in [0.4, 0.5) is 0 Å². The van der Waals surface area contributed by atoms with Crippen LogP contribution in [0.1, 0.15) is 44.2 Å². The summed E-state index contributed by atoms with van der Waals surface area (Å²) in [6.07, 6.45) is 3.71. The zero-order chi connectivity index (χ0) is 14.5. The lowest BCUT2D eigenvalue weighted by Gasteiger charge is -2.47. The van der Waals surface area contributed by atoms with Gasteiger partial charge in [-0.25, -0.2) is 0 Å². The summed E-state index contributed by atoms with van der Waals surface area (Å²) in [7, 11) is 1.68. The Hall–Kier alpha value is -1.51. The van der Waals surface area contributed by atoms with Gasteiger partial charge in [0.15, 0.2) is 0 Å². The molecule has 0 spiro atoms. The van der Waals surface area contributed by atoms with Crippen LogP contribution in [0.2, 0.25) is 0 Å². The van der Waals surface area contributed by atoms with Gasteiger partial charge in [0.2, 0.25) is 0 Å². The molecule has 0 bridgehead atoms. The van der Waals surface area contributed by atoms with E-state index >= 15 is 0 Å². The number of hydrogen-bond acceptors (Lipinski definition) is 2. The van der Waals surface area contributed by atoms with Crippen molar-refractivity contribution in [1.29, 1.82) is 0 Å². The Bertz CT molecular complexity index is 565. The fourth-order valence-corrected chi connectivity index (χ4v) is 4.52. The van der Waals surface area contributed by atoms with Crippen LogP contribution in [0.25, 0.3) is 0 Å². The Morgan fingerprint density at radius 3 is 2.75 bits per heavy atom. The first-order valence-corrected chi connectivity index (χ1v) is 7.32. The zero-order valence-electron chi connectivity index (χ0n) is 12.4. The Kier molecular flexibility index (Phi) is 2.86. The molecule has 0 aromatic heterocycles. The van der Waals surface area contributed by atoms with E-state index in [0.717, 1.165) is 31.4 Å². The molecule has 0 radical (unpaired) electrons. The first kappa shape index (κ1) is 13.5. The van der Waals surface area contributed by atoms with E-state index in [1.165, 1.54) is 11.1 Å². The van der Waals surface area contributed by atoms with Crippen molar-refractivity contribution in [2.75, 3.05) is 7.11 Å². The molecule has 0 saturated heterocycles. The molecule has 0 amide bonds. The number of carbonyl (C=O) groups is 1. The number of carboxylic acids is 1. The third kappa shape index (κ3) is 1.62. The lowest BCUT2D eigenvalue weighted by atomic mass is 9.56. The summed E-state index contributed by atoms with van der Waals surface area (Å²) in [5.74, 6) is 0.407. The van der Waals surface area contributed by atoms with Crippen LogP contribution in [0.5, 0.6) is 5.75 Å². The molecular weight excluding hydrogens is 252 g/mol. The van der Waals surface area contributed by atoms with Gasteiger partial charge < -0.3 is 9.84 Å². The van der Waals surface area contributed by atoms with Gasteiger partial charge in [0.1, 0.15) is 5.75 Å². The maximum atomic E-state index is 11.8. The summed E-state index contributed by atoms with van der Waals surface area (Å²) in [4.78, 5) is 11.8. The summed E-state index contributed by atoms with van der Waals surface area (Å²) in [6.45, 7) is 4.17. The van der Waals surface area contributed by atoms with E-state index in [-0.39, 0.29) is 11.3 Å². The summed E-state index contributed by atoms with van der Waals surface area (Å²) in [6, 6.07) is 6.21. The van der Waals surface area contributed by atoms with Crippen LogP contribution < -0.4 is 4.74 Å². The average molecular weight is 274 g/mol. The Balaban J connectivity index is 2.11. The standard InChI is InChI=1S/C17H22O3/c1-16-7-4-8-17(2,15(18)19)14(16)9-11-5-6-12(20-3)10-13(11)16/h5-6,10,14H,4,7-9H2,1-3H3,(H,18,19)/t14-,16+,17-/m1/s1. The molecule has 3 nitrogen and oxygen atoms in total. The summed E-state index contributed by atoms with van der Waals surface area (Å²) >= 11 is 0. The monoisotopic (exact) mass is 274 g/mol. The Morgan fingerprint density at radius 2 is 2.10 bits per heavy atom. The van der Waals surface area contributed by atoms with Crippen molar-refractivity contribution in [1.82, 2.24) is 0 Å². The smallest absolute Gasteiger partial charge is 0.309 e. The van der Waals surface area contributed by atoms with Crippen molar-refractivity contribution >= 4 is 5.97 Å².